The van der Waals surface area contributed by atoms with Crippen molar-refractivity contribution in [2.75, 3.05) is 24.4 Å². The first-order valence-corrected chi connectivity index (χ1v) is 12.9. The lowest BCUT2D eigenvalue weighted by Crippen LogP contribution is -2.19. The molecule has 0 radical (unpaired) electrons. The Morgan fingerprint density at radius 2 is 1.68 bits per heavy atom. The number of amides is 2. The standard InChI is InChI=1S/C32H25N5O4/c1-39-26-13-11-23(12-14-26)33-32(38)34-24-8-5-9-25(19-24)36-37-29-20-40-17-16-27(29)31-35-28-18-22(10-15-30(28)41-31)21-6-3-2-4-7-21/h2-19H,20H2,1H3,(H2,33,34,38). The lowest BCUT2D eigenvalue weighted by Gasteiger charge is -2.10. The monoisotopic (exact) mass is 543 g/mol. The molecule has 4 aromatic carbocycles. The predicted octanol–water partition coefficient (Wildman–Crippen LogP) is 8.19. The zero-order valence-electron chi connectivity index (χ0n) is 22.1. The number of aromatic nitrogens is 1. The van der Waals surface area contributed by atoms with Crippen molar-refractivity contribution in [2.45, 2.75) is 0 Å². The molecule has 41 heavy (non-hydrogen) atoms. The van der Waals surface area contributed by atoms with Gasteiger partial charge in [-0.1, -0.05) is 42.5 Å². The fourth-order valence-electron chi connectivity index (χ4n) is 4.28. The van der Waals surface area contributed by atoms with E-state index in [4.69, 9.17) is 18.9 Å². The number of methoxy groups -OCH3 is 1. The molecule has 2 heterocycles. The van der Waals surface area contributed by atoms with Gasteiger partial charge in [0.1, 0.15) is 23.6 Å². The van der Waals surface area contributed by atoms with Crippen molar-refractivity contribution in [3.05, 3.63) is 121 Å². The molecule has 0 saturated carbocycles. The van der Waals surface area contributed by atoms with Crippen molar-refractivity contribution >= 4 is 39.8 Å². The number of azo groups is 1. The summed E-state index contributed by atoms with van der Waals surface area (Å²) in [5, 5.41) is 14.4. The summed E-state index contributed by atoms with van der Waals surface area (Å²) in [6, 6.07) is 29.8. The molecule has 0 unspecified atom stereocenters. The van der Waals surface area contributed by atoms with Crippen molar-refractivity contribution in [3.8, 4) is 16.9 Å². The third-order valence-corrected chi connectivity index (χ3v) is 6.33. The van der Waals surface area contributed by atoms with Crippen LogP contribution < -0.4 is 15.4 Å². The zero-order chi connectivity index (χ0) is 28.0. The van der Waals surface area contributed by atoms with Gasteiger partial charge in [-0.05, 0) is 71.8 Å². The summed E-state index contributed by atoms with van der Waals surface area (Å²) in [4.78, 5) is 17.2. The number of urea groups is 1. The normalized spacial score (nSPS) is 12.9. The second kappa shape index (κ2) is 11.6. The van der Waals surface area contributed by atoms with E-state index in [1.54, 1.807) is 68.0 Å². The highest BCUT2D eigenvalue weighted by Crippen LogP contribution is 2.31. The molecular weight excluding hydrogens is 518 g/mol. The van der Waals surface area contributed by atoms with E-state index in [2.05, 4.69) is 33.0 Å². The van der Waals surface area contributed by atoms with Gasteiger partial charge in [0.2, 0.25) is 5.89 Å². The van der Waals surface area contributed by atoms with Crippen LogP contribution in [0.15, 0.2) is 130 Å². The number of hydrogen-bond acceptors (Lipinski definition) is 7. The van der Waals surface area contributed by atoms with Crippen molar-refractivity contribution in [3.63, 3.8) is 0 Å². The number of oxazole rings is 1. The van der Waals surface area contributed by atoms with E-state index in [0.717, 1.165) is 16.6 Å². The molecular formula is C32H25N5O4. The molecule has 1 aliphatic rings. The maximum atomic E-state index is 12.5. The molecule has 9 nitrogen and oxygen atoms in total. The quantitative estimate of drug-likeness (QED) is 0.201. The van der Waals surface area contributed by atoms with Crippen LogP contribution in [0, 0.1) is 0 Å². The van der Waals surface area contributed by atoms with Gasteiger partial charge in [-0.15, -0.1) is 0 Å². The Balaban J connectivity index is 1.19. The average Bonchev–Trinajstić information content (AvgIpc) is 3.44. The first-order valence-electron chi connectivity index (χ1n) is 12.9. The maximum Gasteiger partial charge on any atom is 0.323 e. The van der Waals surface area contributed by atoms with Gasteiger partial charge in [-0.3, -0.25) is 0 Å². The Labute approximate surface area is 235 Å². The van der Waals surface area contributed by atoms with Crippen LogP contribution in [0.5, 0.6) is 5.75 Å². The molecule has 202 valence electrons. The Bertz CT molecular complexity index is 1790. The van der Waals surface area contributed by atoms with Gasteiger partial charge < -0.3 is 24.5 Å². The van der Waals surface area contributed by atoms with E-state index in [1.165, 1.54) is 0 Å². The molecule has 0 bridgehead atoms. The number of nitrogens with zero attached hydrogens (tertiary/aromatic N) is 3. The lowest BCUT2D eigenvalue weighted by molar-refractivity contribution is 0.262. The third kappa shape index (κ3) is 5.99. The molecule has 0 atom stereocenters. The van der Waals surface area contributed by atoms with Crippen LogP contribution in [0.2, 0.25) is 0 Å². The molecule has 0 spiro atoms. The van der Waals surface area contributed by atoms with Crippen LogP contribution in [0.4, 0.5) is 21.9 Å². The van der Waals surface area contributed by atoms with Gasteiger partial charge in [-0.2, -0.15) is 10.2 Å². The molecule has 6 rings (SSSR count). The highest BCUT2D eigenvalue weighted by molar-refractivity contribution is 6.00. The lowest BCUT2D eigenvalue weighted by atomic mass is 10.1. The number of fused-ring (bicyclic) bond motifs is 1. The maximum absolute atomic E-state index is 12.5. The van der Waals surface area contributed by atoms with Crippen LogP contribution in [-0.2, 0) is 4.74 Å². The summed E-state index contributed by atoms with van der Waals surface area (Å²) in [6.45, 7) is 0.214. The van der Waals surface area contributed by atoms with Gasteiger partial charge in [0.15, 0.2) is 5.58 Å². The Morgan fingerprint density at radius 3 is 2.51 bits per heavy atom. The van der Waals surface area contributed by atoms with Crippen LogP contribution in [0.3, 0.4) is 0 Å². The van der Waals surface area contributed by atoms with E-state index in [1.807, 2.05) is 36.4 Å². The number of rotatable bonds is 7. The molecule has 0 saturated heterocycles. The molecule has 1 aliphatic heterocycles. The van der Waals surface area contributed by atoms with Crippen molar-refractivity contribution in [1.82, 2.24) is 4.98 Å². The van der Waals surface area contributed by atoms with E-state index >= 15 is 0 Å². The first kappa shape index (κ1) is 25.6. The number of ether oxygens (including phenoxy) is 2. The SMILES string of the molecule is COc1ccc(NC(=O)Nc2cccc(N=NC3=C(c4nc5cc(-c6ccccc6)ccc5o4)C=COC3)c2)cc1. The number of nitrogens with one attached hydrogen (secondary N) is 2. The number of carbonyl (C=O) groups excluding carboxylic acids is 1. The van der Waals surface area contributed by atoms with Crippen LogP contribution in [-0.4, -0.2) is 24.7 Å². The molecule has 9 heteroatoms. The van der Waals surface area contributed by atoms with Crippen molar-refractivity contribution in [1.29, 1.82) is 0 Å². The van der Waals surface area contributed by atoms with Gasteiger partial charge >= 0.3 is 6.03 Å². The van der Waals surface area contributed by atoms with Crippen LogP contribution in [0.1, 0.15) is 5.89 Å². The minimum atomic E-state index is -0.383. The second-order valence-corrected chi connectivity index (χ2v) is 9.10. The van der Waals surface area contributed by atoms with Gasteiger partial charge in [0.05, 0.1) is 24.6 Å². The number of anilines is 2. The van der Waals surface area contributed by atoms with E-state index in [0.29, 0.717) is 45.6 Å². The average molecular weight is 544 g/mol. The Kier molecular flexibility index (Phi) is 7.23. The number of allylic oxidation sites excluding steroid dienone is 2. The largest absolute Gasteiger partial charge is 0.497 e. The van der Waals surface area contributed by atoms with Crippen LogP contribution in [0.25, 0.3) is 27.8 Å². The number of carbonyl (C=O) groups is 1. The fraction of sp³-hybridized carbons (Fsp3) is 0.0625. The smallest absolute Gasteiger partial charge is 0.323 e. The Morgan fingerprint density at radius 1 is 0.854 bits per heavy atom. The van der Waals surface area contributed by atoms with Gasteiger partial charge in [-0.25, -0.2) is 9.78 Å². The minimum Gasteiger partial charge on any atom is -0.497 e. The van der Waals surface area contributed by atoms with E-state index in [9.17, 15) is 4.79 Å². The second-order valence-electron chi connectivity index (χ2n) is 9.10. The Hall–Kier alpha value is -5.70. The summed E-state index contributed by atoms with van der Waals surface area (Å²) < 4.78 is 16.7. The summed E-state index contributed by atoms with van der Waals surface area (Å²) >= 11 is 0. The molecule has 1 aromatic heterocycles. The minimum absolute atomic E-state index is 0.214. The first-order chi connectivity index (χ1) is 20.1. The molecule has 0 fully saturated rings. The number of benzene rings is 4. The molecule has 2 amide bonds. The van der Waals surface area contributed by atoms with E-state index < -0.39 is 0 Å². The molecule has 5 aromatic rings. The zero-order valence-corrected chi connectivity index (χ0v) is 22.1. The summed E-state index contributed by atoms with van der Waals surface area (Å²) in [5.74, 6) is 1.14. The predicted molar refractivity (Wildman–Crippen MR) is 158 cm³/mol. The van der Waals surface area contributed by atoms with Crippen LogP contribution >= 0.6 is 0 Å². The highest BCUT2D eigenvalue weighted by Gasteiger charge is 2.18. The van der Waals surface area contributed by atoms with Gasteiger partial charge in [0.25, 0.3) is 0 Å². The van der Waals surface area contributed by atoms with E-state index in [-0.39, 0.29) is 12.6 Å². The summed E-state index contributed by atoms with van der Waals surface area (Å²) in [5.41, 5.74) is 6.59. The third-order valence-electron chi connectivity index (χ3n) is 6.33. The van der Waals surface area contributed by atoms with Crippen molar-refractivity contribution in [2.24, 2.45) is 10.2 Å². The summed E-state index contributed by atoms with van der Waals surface area (Å²) in [7, 11) is 1.59. The highest BCUT2D eigenvalue weighted by atomic mass is 16.5. The topological polar surface area (TPSA) is 110 Å². The van der Waals surface area contributed by atoms with Crippen molar-refractivity contribution < 1.29 is 18.7 Å². The summed E-state index contributed by atoms with van der Waals surface area (Å²) in [6.07, 6.45) is 3.35. The fourth-order valence-corrected chi connectivity index (χ4v) is 4.28. The van der Waals surface area contributed by atoms with Gasteiger partial charge in [0, 0.05) is 11.4 Å². The number of hydrogen-bond donors (Lipinski definition) is 2. The molecule has 2 N–H and O–H groups in total. The molecule has 0 aliphatic carbocycles.